The molecule has 110 valence electrons. The van der Waals surface area contributed by atoms with Gasteiger partial charge in [0.1, 0.15) is 5.60 Å². The topological polar surface area (TPSA) is 38.8 Å². The second-order valence-electron chi connectivity index (χ2n) is 5.48. The van der Waals surface area contributed by atoms with E-state index in [4.69, 9.17) is 9.47 Å². The van der Waals surface area contributed by atoms with Crippen molar-refractivity contribution in [3.63, 3.8) is 0 Å². The summed E-state index contributed by atoms with van der Waals surface area (Å²) in [6.45, 7) is 6.73. The molecule has 0 aromatic heterocycles. The summed E-state index contributed by atoms with van der Waals surface area (Å²) >= 11 is 0. The molecule has 0 spiro atoms. The molecule has 0 saturated carbocycles. The van der Waals surface area contributed by atoms with Crippen molar-refractivity contribution in [3.05, 3.63) is 35.4 Å². The first kappa shape index (κ1) is 15.0. The summed E-state index contributed by atoms with van der Waals surface area (Å²) in [7, 11) is 0. The summed E-state index contributed by atoms with van der Waals surface area (Å²) in [5.41, 5.74) is 1.82. The third kappa shape index (κ3) is 3.04. The highest BCUT2D eigenvalue weighted by atomic mass is 16.7. The summed E-state index contributed by atoms with van der Waals surface area (Å²) in [6, 6.07) is 8.20. The van der Waals surface area contributed by atoms with Crippen molar-refractivity contribution in [2.24, 2.45) is 0 Å². The fourth-order valence-electron chi connectivity index (χ4n) is 2.54. The SMILES string of the molecule is CCCCCOC(=O)C1OC1(CC)c1ccc(C)cc1. The highest BCUT2D eigenvalue weighted by Crippen LogP contribution is 2.49. The molecule has 0 radical (unpaired) electrons. The van der Waals surface area contributed by atoms with E-state index in [1.165, 1.54) is 5.56 Å². The number of rotatable bonds is 7. The second kappa shape index (κ2) is 6.40. The molecule has 20 heavy (non-hydrogen) atoms. The van der Waals surface area contributed by atoms with E-state index in [0.717, 1.165) is 31.2 Å². The number of hydrogen-bond donors (Lipinski definition) is 0. The number of benzene rings is 1. The number of carbonyl (C=O) groups excluding carboxylic acids is 1. The van der Waals surface area contributed by atoms with Gasteiger partial charge in [0, 0.05) is 0 Å². The molecular weight excluding hydrogens is 252 g/mol. The van der Waals surface area contributed by atoms with Crippen LogP contribution in [0.3, 0.4) is 0 Å². The first-order valence-corrected chi connectivity index (χ1v) is 7.55. The monoisotopic (exact) mass is 276 g/mol. The Balaban J connectivity index is 1.95. The number of esters is 1. The average Bonchev–Trinajstić information content (AvgIpc) is 3.20. The summed E-state index contributed by atoms with van der Waals surface area (Å²) < 4.78 is 11.0. The van der Waals surface area contributed by atoms with Crippen LogP contribution in [0.15, 0.2) is 24.3 Å². The van der Waals surface area contributed by atoms with Crippen molar-refractivity contribution in [1.29, 1.82) is 0 Å². The lowest BCUT2D eigenvalue weighted by Gasteiger charge is -2.11. The van der Waals surface area contributed by atoms with E-state index in [1.54, 1.807) is 0 Å². The van der Waals surface area contributed by atoms with Crippen LogP contribution in [0.4, 0.5) is 0 Å². The van der Waals surface area contributed by atoms with Gasteiger partial charge in [0.15, 0.2) is 6.10 Å². The molecule has 3 nitrogen and oxygen atoms in total. The van der Waals surface area contributed by atoms with Crippen LogP contribution in [0.25, 0.3) is 0 Å². The molecule has 0 N–H and O–H groups in total. The van der Waals surface area contributed by atoms with E-state index in [-0.39, 0.29) is 5.97 Å². The van der Waals surface area contributed by atoms with E-state index in [0.29, 0.717) is 6.61 Å². The van der Waals surface area contributed by atoms with Gasteiger partial charge in [0.2, 0.25) is 0 Å². The fourth-order valence-corrected chi connectivity index (χ4v) is 2.54. The van der Waals surface area contributed by atoms with Gasteiger partial charge in [-0.15, -0.1) is 0 Å². The van der Waals surface area contributed by atoms with E-state index in [1.807, 2.05) is 19.1 Å². The summed E-state index contributed by atoms with van der Waals surface area (Å²) in [6.07, 6.45) is 3.50. The molecule has 2 rings (SSSR count). The lowest BCUT2D eigenvalue weighted by Crippen LogP contribution is -2.21. The maximum absolute atomic E-state index is 12.0. The Labute approximate surface area is 121 Å². The van der Waals surface area contributed by atoms with Crippen LogP contribution in [-0.2, 0) is 19.9 Å². The van der Waals surface area contributed by atoms with Crippen molar-refractivity contribution in [2.45, 2.75) is 58.2 Å². The van der Waals surface area contributed by atoms with E-state index in [2.05, 4.69) is 26.0 Å². The Morgan fingerprint density at radius 2 is 1.95 bits per heavy atom. The van der Waals surface area contributed by atoms with Gasteiger partial charge >= 0.3 is 5.97 Å². The Hall–Kier alpha value is -1.35. The maximum atomic E-state index is 12.0. The highest BCUT2D eigenvalue weighted by Gasteiger charge is 2.61. The molecule has 1 aliphatic rings. The zero-order valence-corrected chi connectivity index (χ0v) is 12.6. The standard InChI is InChI=1S/C17H24O3/c1-4-6-7-12-19-16(18)15-17(5-2,20-15)14-10-8-13(3)9-11-14/h8-11,15H,4-7,12H2,1-3H3. The van der Waals surface area contributed by atoms with Crippen LogP contribution in [0.5, 0.6) is 0 Å². The predicted molar refractivity (Wildman–Crippen MR) is 78.5 cm³/mol. The molecule has 0 bridgehead atoms. The number of unbranched alkanes of at least 4 members (excludes halogenated alkanes) is 2. The van der Waals surface area contributed by atoms with Crippen molar-refractivity contribution in [1.82, 2.24) is 0 Å². The molecule has 0 aliphatic carbocycles. The van der Waals surface area contributed by atoms with Gasteiger partial charge in [-0.1, -0.05) is 56.5 Å². The summed E-state index contributed by atoms with van der Waals surface area (Å²) in [4.78, 5) is 12.0. The minimum absolute atomic E-state index is 0.219. The Kier molecular flexibility index (Phi) is 4.81. The Morgan fingerprint density at radius 3 is 2.55 bits per heavy atom. The molecule has 2 atom stereocenters. The minimum Gasteiger partial charge on any atom is -0.464 e. The van der Waals surface area contributed by atoms with Crippen molar-refractivity contribution < 1.29 is 14.3 Å². The quantitative estimate of drug-likeness (QED) is 0.433. The highest BCUT2D eigenvalue weighted by molar-refractivity contribution is 5.80. The van der Waals surface area contributed by atoms with Crippen LogP contribution in [0, 0.1) is 6.92 Å². The molecule has 1 heterocycles. The molecule has 0 amide bonds. The van der Waals surface area contributed by atoms with Gasteiger partial charge in [0.05, 0.1) is 6.61 Å². The first-order chi connectivity index (χ1) is 9.64. The molecule has 1 aromatic carbocycles. The van der Waals surface area contributed by atoms with Gasteiger partial charge in [-0.2, -0.15) is 0 Å². The Morgan fingerprint density at radius 1 is 1.25 bits per heavy atom. The molecule has 1 saturated heterocycles. The largest absolute Gasteiger partial charge is 0.464 e. The van der Waals surface area contributed by atoms with Crippen LogP contribution in [0.1, 0.15) is 50.7 Å². The number of hydrogen-bond acceptors (Lipinski definition) is 3. The van der Waals surface area contributed by atoms with Crippen LogP contribution in [-0.4, -0.2) is 18.7 Å². The van der Waals surface area contributed by atoms with Crippen molar-refractivity contribution in [2.75, 3.05) is 6.61 Å². The Bertz CT molecular complexity index is 452. The van der Waals surface area contributed by atoms with Crippen molar-refractivity contribution in [3.8, 4) is 0 Å². The molecular formula is C17H24O3. The third-order valence-electron chi connectivity index (χ3n) is 3.97. The number of epoxide rings is 1. The van der Waals surface area contributed by atoms with Crippen molar-refractivity contribution >= 4 is 5.97 Å². The molecule has 2 unspecified atom stereocenters. The molecule has 3 heteroatoms. The van der Waals surface area contributed by atoms with Gasteiger partial charge < -0.3 is 9.47 Å². The van der Waals surface area contributed by atoms with Gasteiger partial charge in [-0.25, -0.2) is 4.79 Å². The summed E-state index contributed by atoms with van der Waals surface area (Å²) in [5.74, 6) is -0.219. The van der Waals surface area contributed by atoms with Crippen LogP contribution < -0.4 is 0 Å². The smallest absolute Gasteiger partial charge is 0.338 e. The van der Waals surface area contributed by atoms with Crippen LogP contribution >= 0.6 is 0 Å². The average molecular weight is 276 g/mol. The first-order valence-electron chi connectivity index (χ1n) is 7.55. The lowest BCUT2D eigenvalue weighted by molar-refractivity contribution is -0.145. The van der Waals surface area contributed by atoms with Gasteiger partial charge in [-0.05, 0) is 25.3 Å². The second-order valence-corrected chi connectivity index (χ2v) is 5.48. The van der Waals surface area contributed by atoms with Gasteiger partial charge in [0.25, 0.3) is 0 Å². The lowest BCUT2D eigenvalue weighted by atomic mass is 9.92. The molecule has 1 aromatic rings. The molecule has 1 fully saturated rings. The molecule has 1 aliphatic heterocycles. The third-order valence-corrected chi connectivity index (χ3v) is 3.97. The van der Waals surface area contributed by atoms with E-state index < -0.39 is 11.7 Å². The number of aryl methyl sites for hydroxylation is 1. The normalized spacial score (nSPS) is 24.4. The van der Waals surface area contributed by atoms with Crippen LogP contribution in [0.2, 0.25) is 0 Å². The zero-order valence-electron chi connectivity index (χ0n) is 12.6. The minimum atomic E-state index is -0.463. The number of ether oxygens (including phenoxy) is 2. The van der Waals surface area contributed by atoms with Gasteiger partial charge in [-0.3, -0.25) is 0 Å². The number of carbonyl (C=O) groups is 1. The van der Waals surface area contributed by atoms with E-state index >= 15 is 0 Å². The summed E-state index contributed by atoms with van der Waals surface area (Å²) in [5, 5.41) is 0. The fraction of sp³-hybridized carbons (Fsp3) is 0.588. The maximum Gasteiger partial charge on any atom is 0.338 e. The predicted octanol–water partition coefficient (Wildman–Crippen LogP) is 3.73. The zero-order chi connectivity index (χ0) is 14.6. The van der Waals surface area contributed by atoms with E-state index in [9.17, 15) is 4.79 Å².